The zero-order valence-electron chi connectivity index (χ0n) is 11.5. The van der Waals surface area contributed by atoms with E-state index in [1.54, 1.807) is 18.0 Å². The Hall–Kier alpha value is -1.56. The summed E-state index contributed by atoms with van der Waals surface area (Å²) in [5.74, 6) is 1.79. The Balaban J connectivity index is 2.30. The van der Waals surface area contributed by atoms with E-state index in [1.807, 2.05) is 13.1 Å². The lowest BCUT2D eigenvalue weighted by molar-refractivity contribution is 0.859. The highest BCUT2D eigenvalue weighted by Crippen LogP contribution is 2.29. The molecule has 0 radical (unpaired) electrons. The second kappa shape index (κ2) is 6.56. The maximum absolute atomic E-state index is 4.59. The van der Waals surface area contributed by atoms with Gasteiger partial charge in [0.05, 0.1) is 0 Å². The molecule has 2 N–H and O–H groups in total. The molecule has 0 atom stereocenters. The van der Waals surface area contributed by atoms with E-state index in [-0.39, 0.29) is 0 Å². The van der Waals surface area contributed by atoms with Crippen molar-refractivity contribution in [2.45, 2.75) is 43.8 Å². The summed E-state index contributed by atoms with van der Waals surface area (Å²) in [6, 6.07) is 0. The second-order valence-corrected chi connectivity index (χ2v) is 5.17. The number of aromatic nitrogens is 4. The molecule has 0 amide bonds. The number of hydrogen-bond acceptors (Lipinski definition) is 5. The highest BCUT2D eigenvalue weighted by Gasteiger charge is 2.12. The van der Waals surface area contributed by atoms with Crippen molar-refractivity contribution in [1.29, 1.82) is 0 Å². The first-order chi connectivity index (χ1) is 9.24. The second-order valence-electron chi connectivity index (χ2n) is 4.20. The SMILES string of the molecule is CCCNc1nc(CC)nc(Sc2ncc[nH]2)c1C. The van der Waals surface area contributed by atoms with E-state index >= 15 is 0 Å². The third kappa shape index (κ3) is 3.47. The first kappa shape index (κ1) is 13.9. The van der Waals surface area contributed by atoms with E-state index in [4.69, 9.17) is 0 Å². The maximum Gasteiger partial charge on any atom is 0.171 e. The molecule has 0 fully saturated rings. The van der Waals surface area contributed by atoms with Gasteiger partial charge in [-0.3, -0.25) is 0 Å². The number of aromatic amines is 1. The highest BCUT2D eigenvalue weighted by molar-refractivity contribution is 7.99. The fourth-order valence-electron chi connectivity index (χ4n) is 1.61. The van der Waals surface area contributed by atoms with Crippen molar-refractivity contribution in [3.05, 3.63) is 23.8 Å². The molecule has 0 saturated heterocycles. The lowest BCUT2D eigenvalue weighted by atomic mass is 10.3. The monoisotopic (exact) mass is 277 g/mol. The number of nitrogens with zero attached hydrogens (tertiary/aromatic N) is 3. The minimum Gasteiger partial charge on any atom is -0.370 e. The van der Waals surface area contributed by atoms with Crippen LogP contribution in [0.5, 0.6) is 0 Å². The summed E-state index contributed by atoms with van der Waals surface area (Å²) in [5.41, 5.74) is 1.08. The normalized spacial score (nSPS) is 10.7. The summed E-state index contributed by atoms with van der Waals surface area (Å²) in [4.78, 5) is 16.4. The van der Waals surface area contributed by atoms with Gasteiger partial charge in [-0.2, -0.15) is 0 Å². The van der Waals surface area contributed by atoms with Crippen LogP contribution in [0.1, 0.15) is 31.7 Å². The lowest BCUT2D eigenvalue weighted by Gasteiger charge is -2.12. The van der Waals surface area contributed by atoms with Gasteiger partial charge < -0.3 is 10.3 Å². The Morgan fingerprint density at radius 1 is 1.32 bits per heavy atom. The standard InChI is InChI=1S/C13H19N5S/c1-4-6-14-11-9(3)12(18-10(5-2)17-11)19-13-15-7-8-16-13/h7-8H,4-6H2,1-3H3,(H,15,16)(H,14,17,18). The topological polar surface area (TPSA) is 66.5 Å². The number of aryl methyl sites for hydroxylation is 1. The summed E-state index contributed by atoms with van der Waals surface area (Å²) in [5, 5.41) is 5.17. The molecule has 19 heavy (non-hydrogen) atoms. The quantitative estimate of drug-likeness (QED) is 0.794. The third-order valence-electron chi connectivity index (χ3n) is 2.67. The Bertz CT molecular complexity index is 524. The summed E-state index contributed by atoms with van der Waals surface area (Å²) >= 11 is 1.54. The van der Waals surface area contributed by atoms with Crippen molar-refractivity contribution < 1.29 is 0 Å². The van der Waals surface area contributed by atoms with Crippen LogP contribution in [0.3, 0.4) is 0 Å². The number of nitrogens with one attached hydrogen (secondary N) is 2. The van der Waals surface area contributed by atoms with E-state index in [1.165, 1.54) is 0 Å². The first-order valence-corrected chi connectivity index (χ1v) is 7.34. The van der Waals surface area contributed by atoms with E-state index in [2.05, 4.69) is 39.1 Å². The Morgan fingerprint density at radius 2 is 2.16 bits per heavy atom. The molecule has 0 aliphatic heterocycles. The molecule has 0 aliphatic rings. The van der Waals surface area contributed by atoms with Gasteiger partial charge in [0, 0.05) is 30.9 Å². The minimum absolute atomic E-state index is 0.826. The van der Waals surface area contributed by atoms with Crippen LogP contribution in [0.25, 0.3) is 0 Å². The molecular formula is C13H19N5S. The number of H-pyrrole nitrogens is 1. The Kier molecular flexibility index (Phi) is 4.79. The van der Waals surface area contributed by atoms with Gasteiger partial charge in [0.1, 0.15) is 16.7 Å². The van der Waals surface area contributed by atoms with Crippen LogP contribution >= 0.6 is 11.8 Å². The van der Waals surface area contributed by atoms with E-state index < -0.39 is 0 Å². The molecule has 0 saturated carbocycles. The predicted molar refractivity (Wildman–Crippen MR) is 77.6 cm³/mol. The van der Waals surface area contributed by atoms with Crippen LogP contribution in [0.2, 0.25) is 0 Å². The van der Waals surface area contributed by atoms with E-state index in [9.17, 15) is 0 Å². The van der Waals surface area contributed by atoms with Crippen LogP contribution in [-0.2, 0) is 6.42 Å². The van der Waals surface area contributed by atoms with Gasteiger partial charge in [-0.1, -0.05) is 13.8 Å². The molecule has 2 aromatic rings. The molecule has 0 spiro atoms. The lowest BCUT2D eigenvalue weighted by Crippen LogP contribution is -2.08. The van der Waals surface area contributed by atoms with Crippen LogP contribution < -0.4 is 5.32 Å². The van der Waals surface area contributed by atoms with Gasteiger partial charge in [0.15, 0.2) is 5.16 Å². The smallest absolute Gasteiger partial charge is 0.171 e. The number of imidazole rings is 1. The molecule has 6 heteroatoms. The largest absolute Gasteiger partial charge is 0.370 e. The van der Waals surface area contributed by atoms with Crippen molar-refractivity contribution in [2.24, 2.45) is 0 Å². The molecule has 2 rings (SSSR count). The van der Waals surface area contributed by atoms with Crippen molar-refractivity contribution in [3.8, 4) is 0 Å². The molecule has 102 valence electrons. The van der Waals surface area contributed by atoms with Crippen LogP contribution in [0.15, 0.2) is 22.6 Å². The van der Waals surface area contributed by atoms with Gasteiger partial charge in [-0.15, -0.1) is 0 Å². The van der Waals surface area contributed by atoms with Crippen molar-refractivity contribution in [2.75, 3.05) is 11.9 Å². The van der Waals surface area contributed by atoms with E-state index in [0.29, 0.717) is 0 Å². The predicted octanol–water partition coefficient (Wildman–Crippen LogP) is 3.04. The van der Waals surface area contributed by atoms with E-state index in [0.717, 1.165) is 46.8 Å². The van der Waals surface area contributed by atoms with Crippen LogP contribution in [-0.4, -0.2) is 26.5 Å². The molecule has 0 unspecified atom stereocenters. The zero-order chi connectivity index (χ0) is 13.7. The fourth-order valence-corrected chi connectivity index (χ4v) is 2.44. The minimum atomic E-state index is 0.826. The molecule has 2 aromatic heterocycles. The molecule has 5 nitrogen and oxygen atoms in total. The highest BCUT2D eigenvalue weighted by atomic mass is 32.2. The average Bonchev–Trinajstić information content (AvgIpc) is 2.92. The molecule has 0 aromatic carbocycles. The zero-order valence-corrected chi connectivity index (χ0v) is 12.3. The summed E-state index contributed by atoms with van der Waals surface area (Å²) < 4.78 is 0. The molecule has 2 heterocycles. The fraction of sp³-hybridized carbons (Fsp3) is 0.462. The number of anilines is 1. The van der Waals surface area contributed by atoms with Gasteiger partial charge in [-0.05, 0) is 25.1 Å². The number of hydrogen-bond donors (Lipinski definition) is 2. The Morgan fingerprint density at radius 3 is 2.79 bits per heavy atom. The first-order valence-electron chi connectivity index (χ1n) is 6.53. The van der Waals surface area contributed by atoms with Crippen molar-refractivity contribution >= 4 is 17.6 Å². The summed E-state index contributed by atoms with van der Waals surface area (Å²) in [6.07, 6.45) is 5.46. The Labute approximate surface area is 117 Å². The van der Waals surface area contributed by atoms with Gasteiger partial charge in [0.25, 0.3) is 0 Å². The summed E-state index contributed by atoms with van der Waals surface area (Å²) in [6.45, 7) is 7.17. The van der Waals surface area contributed by atoms with Gasteiger partial charge in [-0.25, -0.2) is 15.0 Å². The third-order valence-corrected chi connectivity index (χ3v) is 3.68. The summed E-state index contributed by atoms with van der Waals surface area (Å²) in [7, 11) is 0. The van der Waals surface area contributed by atoms with Gasteiger partial charge >= 0.3 is 0 Å². The molecule has 0 aliphatic carbocycles. The maximum atomic E-state index is 4.59. The average molecular weight is 277 g/mol. The van der Waals surface area contributed by atoms with Gasteiger partial charge in [0.2, 0.25) is 0 Å². The molecular weight excluding hydrogens is 258 g/mol. The van der Waals surface area contributed by atoms with Crippen LogP contribution in [0.4, 0.5) is 5.82 Å². The van der Waals surface area contributed by atoms with Crippen LogP contribution in [0, 0.1) is 6.92 Å². The van der Waals surface area contributed by atoms with Crippen molar-refractivity contribution in [1.82, 2.24) is 19.9 Å². The molecule has 0 bridgehead atoms. The van der Waals surface area contributed by atoms with Crippen molar-refractivity contribution in [3.63, 3.8) is 0 Å². The number of rotatable bonds is 6.